The summed E-state index contributed by atoms with van der Waals surface area (Å²) in [6, 6.07) is 9.27. The van der Waals surface area contributed by atoms with Crippen molar-refractivity contribution in [1.82, 2.24) is 0 Å². The van der Waals surface area contributed by atoms with Crippen LogP contribution in [0.4, 0.5) is 13.2 Å². The number of unbranched alkanes of at least 4 members (excludes halogenated alkanes) is 6. The van der Waals surface area contributed by atoms with E-state index in [-0.39, 0.29) is 11.7 Å². The molecule has 0 saturated heterocycles. The highest BCUT2D eigenvalue weighted by Crippen LogP contribution is 2.30. The Morgan fingerprint density at radius 3 is 1.79 bits per heavy atom. The lowest BCUT2D eigenvalue weighted by molar-refractivity contribution is -0.304. The summed E-state index contributed by atoms with van der Waals surface area (Å²) in [5.74, 6) is -3.87. The Labute approximate surface area is 196 Å². The Bertz CT molecular complexity index is 782. The summed E-state index contributed by atoms with van der Waals surface area (Å²) in [6.07, 6.45) is 8.96. The van der Waals surface area contributed by atoms with Gasteiger partial charge in [0.1, 0.15) is 0 Å². The van der Waals surface area contributed by atoms with E-state index in [1.165, 1.54) is 32.1 Å². The Balaban J connectivity index is 2.10. The van der Waals surface area contributed by atoms with Crippen LogP contribution >= 0.6 is 0 Å². The fourth-order valence-corrected chi connectivity index (χ4v) is 3.75. The monoisotopic (exact) mass is 466 g/mol. The third kappa shape index (κ3) is 9.11. The predicted octanol–water partition coefficient (Wildman–Crippen LogP) is 8.33. The lowest BCUT2D eigenvalue weighted by Crippen LogP contribution is -2.24. The molecular weight excluding hydrogens is 429 g/mol. The summed E-state index contributed by atoms with van der Waals surface area (Å²) in [7, 11) is 0. The molecule has 0 fully saturated rings. The summed E-state index contributed by atoms with van der Waals surface area (Å²) in [5.41, 5.74) is 1.80. The summed E-state index contributed by atoms with van der Waals surface area (Å²) < 4.78 is 57.8. The average Bonchev–Trinajstić information content (AvgIpc) is 2.81. The van der Waals surface area contributed by atoms with E-state index in [1.54, 1.807) is 12.1 Å². The van der Waals surface area contributed by atoms with Crippen LogP contribution in [-0.4, -0.2) is 19.7 Å². The zero-order valence-corrected chi connectivity index (χ0v) is 20.0. The third-order valence-electron chi connectivity index (χ3n) is 5.55. The van der Waals surface area contributed by atoms with Crippen molar-refractivity contribution < 1.29 is 27.4 Å². The van der Waals surface area contributed by atoms with Crippen LogP contribution in [-0.2, 0) is 14.2 Å². The molecule has 0 bridgehead atoms. The highest BCUT2D eigenvalue weighted by molar-refractivity contribution is 5.64. The molecule has 1 atom stereocenters. The minimum Gasteiger partial charge on any atom is -0.330 e. The van der Waals surface area contributed by atoms with E-state index in [0.29, 0.717) is 18.8 Å². The number of hydrogen-bond donors (Lipinski definition) is 0. The first-order chi connectivity index (χ1) is 16.0. The first-order valence-electron chi connectivity index (χ1n) is 12.1. The summed E-state index contributed by atoms with van der Waals surface area (Å²) in [5, 5.41) is 0. The highest BCUT2D eigenvalue weighted by atomic mass is 19.2. The van der Waals surface area contributed by atoms with Crippen molar-refractivity contribution in [3.05, 3.63) is 59.4 Å². The molecule has 0 aromatic heterocycles. The maximum absolute atomic E-state index is 13.6. The fourth-order valence-electron chi connectivity index (χ4n) is 3.75. The van der Waals surface area contributed by atoms with Crippen molar-refractivity contribution in [3.8, 4) is 11.1 Å². The second-order valence-corrected chi connectivity index (χ2v) is 8.11. The van der Waals surface area contributed by atoms with Crippen molar-refractivity contribution in [3.63, 3.8) is 0 Å². The van der Waals surface area contributed by atoms with Crippen LogP contribution in [0.2, 0.25) is 0 Å². The molecule has 0 aliphatic rings. The number of halogens is 3. The largest absolute Gasteiger partial charge is 0.330 e. The van der Waals surface area contributed by atoms with Gasteiger partial charge in [0.25, 0.3) is 6.48 Å². The standard InChI is InChI=1S/C27H37F3O3/c1-4-7-8-9-10-11-12-13-25(33-27(31-5-2)32-6-3)21-16-14-20(15-17-21)22-18-23(28)26(30)24(29)19-22/h14-19,25,27H,4-13H2,1-3H3. The van der Waals surface area contributed by atoms with Crippen molar-refractivity contribution in [1.29, 1.82) is 0 Å². The molecule has 2 aromatic rings. The second-order valence-electron chi connectivity index (χ2n) is 8.11. The molecule has 0 heterocycles. The second kappa shape index (κ2) is 15.1. The molecule has 2 aromatic carbocycles. The van der Waals surface area contributed by atoms with Gasteiger partial charge >= 0.3 is 0 Å². The fraction of sp³-hybridized carbons (Fsp3) is 0.556. The number of benzene rings is 2. The van der Waals surface area contributed by atoms with E-state index in [4.69, 9.17) is 14.2 Å². The first-order valence-corrected chi connectivity index (χ1v) is 12.1. The van der Waals surface area contributed by atoms with E-state index >= 15 is 0 Å². The molecule has 33 heavy (non-hydrogen) atoms. The van der Waals surface area contributed by atoms with Gasteiger partial charge in [-0.25, -0.2) is 13.2 Å². The van der Waals surface area contributed by atoms with E-state index in [0.717, 1.165) is 37.0 Å². The molecular formula is C27H37F3O3. The van der Waals surface area contributed by atoms with Crippen LogP contribution in [0, 0.1) is 17.5 Å². The van der Waals surface area contributed by atoms with Gasteiger partial charge < -0.3 is 14.2 Å². The number of ether oxygens (including phenoxy) is 3. The van der Waals surface area contributed by atoms with Gasteiger partial charge in [-0.1, -0.05) is 76.1 Å². The van der Waals surface area contributed by atoms with E-state index in [1.807, 2.05) is 26.0 Å². The van der Waals surface area contributed by atoms with Gasteiger partial charge in [-0.15, -0.1) is 0 Å². The Hall–Kier alpha value is -1.89. The van der Waals surface area contributed by atoms with Gasteiger partial charge in [-0.3, -0.25) is 0 Å². The Morgan fingerprint density at radius 1 is 0.697 bits per heavy atom. The van der Waals surface area contributed by atoms with Crippen molar-refractivity contribution in [2.45, 2.75) is 84.7 Å². The molecule has 1 unspecified atom stereocenters. The van der Waals surface area contributed by atoms with Gasteiger partial charge in [0, 0.05) is 13.2 Å². The molecule has 0 radical (unpaired) electrons. The molecule has 6 heteroatoms. The topological polar surface area (TPSA) is 27.7 Å². The third-order valence-corrected chi connectivity index (χ3v) is 5.55. The van der Waals surface area contributed by atoms with Crippen LogP contribution in [0.15, 0.2) is 36.4 Å². The van der Waals surface area contributed by atoms with Crippen LogP contribution in [0.1, 0.15) is 83.8 Å². The van der Waals surface area contributed by atoms with Gasteiger partial charge in [-0.2, -0.15) is 0 Å². The van der Waals surface area contributed by atoms with Crippen LogP contribution in [0.5, 0.6) is 0 Å². The summed E-state index contributed by atoms with van der Waals surface area (Å²) in [6.45, 7) is 6.16. The summed E-state index contributed by atoms with van der Waals surface area (Å²) >= 11 is 0. The minimum atomic E-state index is -1.46. The van der Waals surface area contributed by atoms with E-state index < -0.39 is 23.9 Å². The van der Waals surface area contributed by atoms with Crippen molar-refractivity contribution >= 4 is 0 Å². The zero-order chi connectivity index (χ0) is 24.1. The molecule has 2 rings (SSSR count). The minimum absolute atomic E-state index is 0.237. The van der Waals surface area contributed by atoms with Gasteiger partial charge in [0.05, 0.1) is 6.10 Å². The van der Waals surface area contributed by atoms with Crippen LogP contribution < -0.4 is 0 Å². The first kappa shape index (κ1) is 27.4. The van der Waals surface area contributed by atoms with Gasteiger partial charge in [0.2, 0.25) is 0 Å². The SMILES string of the molecule is CCCCCCCCCC(OC(OCC)OCC)c1ccc(-c2cc(F)c(F)c(F)c2)cc1. The Kier molecular flexibility index (Phi) is 12.5. The average molecular weight is 467 g/mol. The van der Waals surface area contributed by atoms with Gasteiger partial charge in [0.15, 0.2) is 17.5 Å². The van der Waals surface area contributed by atoms with Crippen LogP contribution in [0.3, 0.4) is 0 Å². The molecule has 0 saturated carbocycles. The van der Waals surface area contributed by atoms with Gasteiger partial charge in [-0.05, 0) is 49.1 Å². The van der Waals surface area contributed by atoms with Crippen molar-refractivity contribution in [2.24, 2.45) is 0 Å². The molecule has 0 aliphatic carbocycles. The van der Waals surface area contributed by atoms with Crippen LogP contribution in [0.25, 0.3) is 11.1 Å². The maximum atomic E-state index is 13.6. The quantitative estimate of drug-likeness (QED) is 0.141. The lowest BCUT2D eigenvalue weighted by atomic mass is 9.98. The normalized spacial score (nSPS) is 12.5. The number of rotatable bonds is 16. The molecule has 3 nitrogen and oxygen atoms in total. The van der Waals surface area contributed by atoms with Crippen molar-refractivity contribution in [2.75, 3.05) is 13.2 Å². The lowest BCUT2D eigenvalue weighted by Gasteiger charge is -2.25. The highest BCUT2D eigenvalue weighted by Gasteiger charge is 2.19. The maximum Gasteiger partial charge on any atom is 0.272 e. The molecule has 0 N–H and O–H groups in total. The predicted molar refractivity (Wildman–Crippen MR) is 125 cm³/mol. The Morgan fingerprint density at radius 2 is 1.24 bits per heavy atom. The molecule has 0 amide bonds. The van der Waals surface area contributed by atoms with E-state index in [9.17, 15) is 13.2 Å². The van der Waals surface area contributed by atoms with E-state index in [2.05, 4.69) is 6.92 Å². The molecule has 0 spiro atoms. The number of hydrogen-bond acceptors (Lipinski definition) is 3. The molecule has 0 aliphatic heterocycles. The zero-order valence-electron chi connectivity index (χ0n) is 20.0. The molecule has 184 valence electrons. The summed E-state index contributed by atoms with van der Waals surface area (Å²) in [4.78, 5) is 0. The smallest absolute Gasteiger partial charge is 0.272 e.